The number of aromatic nitrogens is 2. The van der Waals surface area contributed by atoms with Gasteiger partial charge in [-0.2, -0.15) is 10.2 Å². The third-order valence-electron chi connectivity index (χ3n) is 3.89. The average Bonchev–Trinajstić information content (AvgIpc) is 3.14. The van der Waals surface area contributed by atoms with Crippen LogP contribution in [-0.2, 0) is 6.54 Å². The van der Waals surface area contributed by atoms with Crippen LogP contribution in [0.15, 0.2) is 64.3 Å². The minimum Gasteiger partial charge on any atom is -0.497 e. The van der Waals surface area contributed by atoms with Crippen LogP contribution in [0.25, 0.3) is 0 Å². The highest BCUT2D eigenvalue weighted by Gasteiger charge is 2.25. The average molecular weight is 458 g/mol. The van der Waals surface area contributed by atoms with E-state index in [4.69, 9.17) is 4.74 Å². The number of hydrazone groups is 1. The molecule has 0 aliphatic carbocycles. The molecule has 0 bridgehead atoms. The van der Waals surface area contributed by atoms with E-state index in [1.807, 2.05) is 24.3 Å². The van der Waals surface area contributed by atoms with Crippen molar-refractivity contribution in [1.29, 1.82) is 0 Å². The van der Waals surface area contributed by atoms with Gasteiger partial charge in [0.2, 0.25) is 5.69 Å². The Hall–Kier alpha value is -3.53. The summed E-state index contributed by atoms with van der Waals surface area (Å²) >= 11 is 3.35. The van der Waals surface area contributed by atoms with Gasteiger partial charge in [-0.05, 0) is 35.4 Å². The summed E-state index contributed by atoms with van der Waals surface area (Å²) in [5, 5.41) is 19.2. The molecule has 1 amide bonds. The molecular weight excluding hydrogens is 442 g/mol. The molecule has 0 aliphatic heterocycles. The molecule has 9 nitrogen and oxygen atoms in total. The lowest BCUT2D eigenvalue weighted by Crippen LogP contribution is -2.19. The summed E-state index contributed by atoms with van der Waals surface area (Å²) in [6.45, 7) is 0.286. The van der Waals surface area contributed by atoms with Gasteiger partial charge in [0.25, 0.3) is 5.91 Å². The number of carbonyl (C=O) groups excluding carboxylic acids is 1. The number of hydrogen-bond donors (Lipinski definition) is 1. The molecular formula is C19H16BrN5O4. The Morgan fingerprint density at radius 1 is 1.34 bits per heavy atom. The smallest absolute Gasteiger partial charge is 0.320 e. The van der Waals surface area contributed by atoms with Crippen molar-refractivity contribution in [3.63, 3.8) is 0 Å². The predicted molar refractivity (Wildman–Crippen MR) is 110 cm³/mol. The fraction of sp³-hybridized carbons (Fsp3) is 0.105. The molecule has 0 spiro atoms. The maximum absolute atomic E-state index is 12.4. The summed E-state index contributed by atoms with van der Waals surface area (Å²) in [5.74, 6) is -0.131. The van der Waals surface area contributed by atoms with Gasteiger partial charge in [-0.15, -0.1) is 0 Å². The number of benzene rings is 2. The van der Waals surface area contributed by atoms with Gasteiger partial charge in [0.1, 0.15) is 11.9 Å². The molecule has 148 valence electrons. The number of hydrogen-bond acceptors (Lipinski definition) is 6. The van der Waals surface area contributed by atoms with Gasteiger partial charge in [0, 0.05) is 4.47 Å². The fourth-order valence-corrected chi connectivity index (χ4v) is 2.77. The van der Waals surface area contributed by atoms with E-state index in [-0.39, 0.29) is 12.2 Å². The van der Waals surface area contributed by atoms with Crippen LogP contribution in [0.4, 0.5) is 5.69 Å². The summed E-state index contributed by atoms with van der Waals surface area (Å²) in [4.78, 5) is 23.0. The molecule has 0 aliphatic rings. The molecule has 1 aromatic heterocycles. The number of methoxy groups -OCH3 is 1. The zero-order chi connectivity index (χ0) is 20.8. The molecule has 0 unspecified atom stereocenters. The maximum atomic E-state index is 12.4. The van der Waals surface area contributed by atoms with Crippen LogP contribution in [-0.4, -0.2) is 33.9 Å². The van der Waals surface area contributed by atoms with Gasteiger partial charge in [-0.25, -0.2) is 5.43 Å². The van der Waals surface area contributed by atoms with E-state index in [1.54, 1.807) is 31.4 Å². The van der Waals surface area contributed by atoms with E-state index >= 15 is 0 Å². The summed E-state index contributed by atoms with van der Waals surface area (Å²) in [6, 6.07) is 14.5. The second kappa shape index (κ2) is 9.11. The summed E-state index contributed by atoms with van der Waals surface area (Å²) < 4.78 is 7.38. The molecule has 0 fully saturated rings. The zero-order valence-corrected chi connectivity index (χ0v) is 16.9. The number of halogens is 1. The molecule has 0 radical (unpaired) electrons. The first kappa shape index (κ1) is 20.2. The third-order valence-corrected chi connectivity index (χ3v) is 4.41. The highest BCUT2D eigenvalue weighted by atomic mass is 79.9. The predicted octanol–water partition coefficient (Wildman–Crippen LogP) is 3.37. The van der Waals surface area contributed by atoms with E-state index in [0.29, 0.717) is 11.3 Å². The second-order valence-corrected chi connectivity index (χ2v) is 6.84. The van der Waals surface area contributed by atoms with E-state index in [0.717, 1.165) is 10.0 Å². The number of nitrogens with zero attached hydrogens (tertiary/aromatic N) is 4. The Morgan fingerprint density at radius 2 is 2.10 bits per heavy atom. The van der Waals surface area contributed by atoms with Crippen LogP contribution in [0.1, 0.15) is 21.6 Å². The fourth-order valence-electron chi connectivity index (χ4n) is 2.50. The Bertz CT molecular complexity index is 1060. The van der Waals surface area contributed by atoms with Crippen molar-refractivity contribution in [1.82, 2.24) is 15.2 Å². The van der Waals surface area contributed by atoms with Crippen molar-refractivity contribution in [3.8, 4) is 5.75 Å². The number of nitrogens with one attached hydrogen (secondary N) is 1. The van der Waals surface area contributed by atoms with Crippen LogP contribution in [0, 0.1) is 10.1 Å². The molecule has 0 saturated heterocycles. The highest BCUT2D eigenvalue weighted by molar-refractivity contribution is 9.10. The Labute approximate surface area is 174 Å². The second-order valence-electron chi connectivity index (χ2n) is 5.92. The topological polar surface area (TPSA) is 112 Å². The van der Waals surface area contributed by atoms with Crippen molar-refractivity contribution in [2.75, 3.05) is 7.11 Å². The highest BCUT2D eigenvalue weighted by Crippen LogP contribution is 2.18. The SMILES string of the molecule is COc1cccc(/C=N/NC(=O)c2nn(Cc3ccc(Br)cc3)cc2[N+](=O)[O-])c1. The first-order chi connectivity index (χ1) is 14.0. The third kappa shape index (κ3) is 5.26. The number of rotatable bonds is 7. The lowest BCUT2D eigenvalue weighted by Gasteiger charge is -2.01. The lowest BCUT2D eigenvalue weighted by molar-refractivity contribution is -0.385. The largest absolute Gasteiger partial charge is 0.497 e. The first-order valence-electron chi connectivity index (χ1n) is 8.40. The number of carbonyl (C=O) groups is 1. The molecule has 2 aromatic carbocycles. The van der Waals surface area contributed by atoms with Crippen molar-refractivity contribution >= 4 is 33.7 Å². The zero-order valence-electron chi connectivity index (χ0n) is 15.3. The van der Waals surface area contributed by atoms with E-state index in [2.05, 4.69) is 31.6 Å². The number of nitro groups is 1. The Morgan fingerprint density at radius 3 is 2.79 bits per heavy atom. The van der Waals surface area contributed by atoms with Gasteiger partial charge in [0.05, 0.1) is 24.8 Å². The van der Waals surface area contributed by atoms with Crippen molar-refractivity contribution in [3.05, 3.63) is 86.1 Å². The van der Waals surface area contributed by atoms with Gasteiger partial charge in [0.15, 0.2) is 0 Å². The summed E-state index contributed by atoms with van der Waals surface area (Å²) in [5.41, 5.74) is 3.14. The van der Waals surface area contributed by atoms with Crippen molar-refractivity contribution in [2.45, 2.75) is 6.54 Å². The first-order valence-corrected chi connectivity index (χ1v) is 9.19. The molecule has 0 atom stereocenters. The van der Waals surface area contributed by atoms with Gasteiger partial charge >= 0.3 is 5.69 Å². The normalized spacial score (nSPS) is 10.8. The number of ether oxygens (including phenoxy) is 1. The molecule has 10 heteroatoms. The van der Waals surface area contributed by atoms with Crippen molar-refractivity contribution < 1.29 is 14.5 Å². The van der Waals surface area contributed by atoms with Crippen LogP contribution < -0.4 is 10.2 Å². The maximum Gasteiger partial charge on any atom is 0.320 e. The number of amides is 1. The van der Waals surface area contributed by atoms with E-state index in [1.165, 1.54) is 17.1 Å². The molecule has 29 heavy (non-hydrogen) atoms. The molecule has 3 rings (SSSR count). The Balaban J connectivity index is 1.74. The van der Waals surface area contributed by atoms with Crippen LogP contribution in [0.3, 0.4) is 0 Å². The van der Waals surface area contributed by atoms with Gasteiger partial charge in [-0.3, -0.25) is 19.6 Å². The molecule has 3 aromatic rings. The van der Waals surface area contributed by atoms with Crippen LogP contribution in [0.5, 0.6) is 5.75 Å². The quantitative estimate of drug-likeness (QED) is 0.332. The molecule has 1 heterocycles. The van der Waals surface area contributed by atoms with Crippen LogP contribution >= 0.6 is 15.9 Å². The van der Waals surface area contributed by atoms with E-state index < -0.39 is 16.5 Å². The van der Waals surface area contributed by atoms with E-state index in [9.17, 15) is 14.9 Å². The minimum atomic E-state index is -0.773. The van der Waals surface area contributed by atoms with Gasteiger partial charge in [-0.1, -0.05) is 40.2 Å². The van der Waals surface area contributed by atoms with Crippen molar-refractivity contribution in [2.24, 2.45) is 5.10 Å². The Kier molecular flexibility index (Phi) is 6.35. The molecule has 0 saturated carbocycles. The van der Waals surface area contributed by atoms with Gasteiger partial charge < -0.3 is 4.74 Å². The summed E-state index contributed by atoms with van der Waals surface area (Å²) in [6.07, 6.45) is 2.63. The standard InChI is InChI=1S/C19H16BrN5O4/c1-29-16-4-2-3-14(9-16)10-21-22-19(26)18-17(25(27)28)12-24(23-18)11-13-5-7-15(20)8-6-13/h2-10,12H,11H2,1H3,(H,22,26)/b21-10+. The lowest BCUT2D eigenvalue weighted by atomic mass is 10.2. The molecule has 1 N–H and O–H groups in total. The van der Waals surface area contributed by atoms with Crippen LogP contribution in [0.2, 0.25) is 0 Å². The summed E-state index contributed by atoms with van der Waals surface area (Å²) in [7, 11) is 1.54. The monoisotopic (exact) mass is 457 g/mol. The minimum absolute atomic E-state index is 0.286.